The third-order valence-electron chi connectivity index (χ3n) is 5.03. The molecule has 1 aromatic rings. The summed E-state index contributed by atoms with van der Waals surface area (Å²) in [5, 5.41) is 6.32. The minimum absolute atomic E-state index is 0.152. The second kappa shape index (κ2) is 7.01. The Balaban J connectivity index is 1.35. The van der Waals surface area contributed by atoms with Crippen LogP contribution in [0.15, 0.2) is 34.7 Å². The fourth-order valence-electron chi connectivity index (χ4n) is 3.74. The van der Waals surface area contributed by atoms with Crippen molar-refractivity contribution in [1.82, 2.24) is 4.90 Å². The Hall–Kier alpha value is -1.75. The van der Waals surface area contributed by atoms with Crippen LogP contribution in [0.3, 0.4) is 0 Å². The Labute approximate surface area is 147 Å². The van der Waals surface area contributed by atoms with Crippen LogP contribution in [0.1, 0.15) is 44.1 Å². The Morgan fingerprint density at radius 2 is 2.00 bits per heavy atom. The lowest BCUT2D eigenvalue weighted by atomic mass is 9.87. The van der Waals surface area contributed by atoms with Crippen molar-refractivity contribution in [3.63, 3.8) is 0 Å². The molecule has 1 N–H and O–H groups in total. The largest absolute Gasteiger partial charge is 0.326 e. The first-order valence-electron chi connectivity index (χ1n) is 8.89. The summed E-state index contributed by atoms with van der Waals surface area (Å²) in [6, 6.07) is 8.18. The van der Waals surface area contributed by atoms with Crippen LogP contribution in [0.5, 0.6) is 0 Å². The van der Waals surface area contributed by atoms with E-state index in [0.29, 0.717) is 12.3 Å². The van der Waals surface area contributed by atoms with Gasteiger partial charge in [-0.25, -0.2) is 0 Å². The smallest absolute Gasteiger partial charge is 0.224 e. The van der Waals surface area contributed by atoms with Gasteiger partial charge in [-0.05, 0) is 36.5 Å². The minimum Gasteiger partial charge on any atom is -0.326 e. The van der Waals surface area contributed by atoms with E-state index in [-0.39, 0.29) is 5.91 Å². The molecule has 0 spiro atoms. The molecule has 0 saturated heterocycles. The zero-order chi connectivity index (χ0) is 16.4. The second-order valence-corrected chi connectivity index (χ2v) is 7.61. The molecule has 0 unspecified atom stereocenters. The summed E-state index contributed by atoms with van der Waals surface area (Å²) in [6.45, 7) is 1.85. The molecule has 4 nitrogen and oxygen atoms in total. The SMILES string of the molecule is O=C(CC1CCCCC1)Nc1ccc(C2=CSC3=NCCN23)cc1. The molecule has 0 bridgehead atoms. The number of rotatable bonds is 4. The summed E-state index contributed by atoms with van der Waals surface area (Å²) < 4.78 is 0. The maximum absolute atomic E-state index is 12.2. The van der Waals surface area contributed by atoms with Gasteiger partial charge in [0.2, 0.25) is 5.91 Å². The third kappa shape index (κ3) is 3.36. The molecule has 0 radical (unpaired) electrons. The average molecular weight is 341 g/mol. The fourth-order valence-corrected chi connectivity index (χ4v) is 4.70. The highest BCUT2D eigenvalue weighted by Crippen LogP contribution is 2.35. The van der Waals surface area contributed by atoms with Crippen molar-refractivity contribution in [2.75, 3.05) is 18.4 Å². The fraction of sp³-hybridized carbons (Fsp3) is 0.474. The first-order valence-corrected chi connectivity index (χ1v) is 9.77. The van der Waals surface area contributed by atoms with Gasteiger partial charge in [-0.15, -0.1) is 0 Å². The normalized spacial score (nSPS) is 20.6. The van der Waals surface area contributed by atoms with Crippen molar-refractivity contribution in [3.05, 3.63) is 35.2 Å². The van der Waals surface area contributed by atoms with Gasteiger partial charge < -0.3 is 10.2 Å². The van der Waals surface area contributed by atoms with Gasteiger partial charge in [0.15, 0.2) is 5.17 Å². The molecule has 1 saturated carbocycles. The van der Waals surface area contributed by atoms with Crippen LogP contribution < -0.4 is 5.32 Å². The molecule has 2 heterocycles. The monoisotopic (exact) mass is 341 g/mol. The number of benzene rings is 1. The number of fused-ring (bicyclic) bond motifs is 1. The van der Waals surface area contributed by atoms with Gasteiger partial charge in [0, 0.05) is 24.1 Å². The van der Waals surface area contributed by atoms with Gasteiger partial charge >= 0.3 is 0 Å². The first kappa shape index (κ1) is 15.8. The molecule has 1 amide bonds. The molecule has 1 aromatic carbocycles. The lowest BCUT2D eigenvalue weighted by Gasteiger charge is -2.21. The van der Waals surface area contributed by atoms with Crippen LogP contribution in [0.4, 0.5) is 5.69 Å². The number of anilines is 1. The Kier molecular flexibility index (Phi) is 4.60. The number of thioether (sulfide) groups is 1. The summed E-state index contributed by atoms with van der Waals surface area (Å²) >= 11 is 1.69. The van der Waals surface area contributed by atoms with Crippen LogP contribution in [-0.2, 0) is 4.79 Å². The van der Waals surface area contributed by atoms with E-state index in [4.69, 9.17) is 0 Å². The molecule has 3 aliphatic rings. The predicted octanol–water partition coefficient (Wildman–Crippen LogP) is 4.31. The number of amidine groups is 1. The van der Waals surface area contributed by atoms with E-state index in [0.717, 1.165) is 23.9 Å². The summed E-state index contributed by atoms with van der Waals surface area (Å²) in [4.78, 5) is 19.0. The van der Waals surface area contributed by atoms with Crippen LogP contribution >= 0.6 is 11.8 Å². The average Bonchev–Trinajstić information content (AvgIpc) is 3.20. The zero-order valence-corrected chi connectivity index (χ0v) is 14.6. The molecule has 1 fully saturated rings. The number of carbonyl (C=O) groups is 1. The molecular weight excluding hydrogens is 318 g/mol. The van der Waals surface area contributed by atoms with Crippen molar-refractivity contribution in [2.24, 2.45) is 10.9 Å². The molecule has 2 aliphatic heterocycles. The number of amides is 1. The van der Waals surface area contributed by atoms with E-state index in [9.17, 15) is 4.79 Å². The molecular formula is C19H23N3OS. The van der Waals surface area contributed by atoms with Crippen molar-refractivity contribution in [1.29, 1.82) is 0 Å². The lowest BCUT2D eigenvalue weighted by Crippen LogP contribution is -2.20. The summed E-state index contributed by atoms with van der Waals surface area (Å²) in [5.74, 6) is 0.728. The summed E-state index contributed by atoms with van der Waals surface area (Å²) in [5.41, 5.74) is 3.29. The van der Waals surface area contributed by atoms with E-state index in [1.807, 2.05) is 12.1 Å². The summed E-state index contributed by atoms with van der Waals surface area (Å²) in [7, 11) is 0. The number of aliphatic imine (C=N–C) groups is 1. The highest BCUT2D eigenvalue weighted by molar-refractivity contribution is 8.16. The Morgan fingerprint density at radius 1 is 1.21 bits per heavy atom. The maximum Gasteiger partial charge on any atom is 0.224 e. The van der Waals surface area contributed by atoms with Crippen molar-refractivity contribution >= 4 is 34.2 Å². The number of nitrogens with zero attached hydrogens (tertiary/aromatic N) is 2. The van der Waals surface area contributed by atoms with E-state index < -0.39 is 0 Å². The minimum atomic E-state index is 0.152. The molecule has 126 valence electrons. The van der Waals surface area contributed by atoms with Crippen LogP contribution in [0.25, 0.3) is 5.70 Å². The highest BCUT2D eigenvalue weighted by atomic mass is 32.2. The predicted molar refractivity (Wildman–Crippen MR) is 101 cm³/mol. The second-order valence-electron chi connectivity index (χ2n) is 6.77. The van der Waals surface area contributed by atoms with Gasteiger partial charge in [-0.1, -0.05) is 43.2 Å². The van der Waals surface area contributed by atoms with E-state index in [2.05, 4.69) is 32.7 Å². The Bertz CT molecular complexity index is 674. The van der Waals surface area contributed by atoms with Crippen molar-refractivity contribution in [2.45, 2.75) is 38.5 Å². The van der Waals surface area contributed by atoms with Crippen LogP contribution in [0.2, 0.25) is 0 Å². The number of carbonyl (C=O) groups excluding carboxylic acids is 1. The summed E-state index contributed by atoms with van der Waals surface area (Å²) in [6.07, 6.45) is 6.97. The van der Waals surface area contributed by atoms with Gasteiger partial charge in [0.05, 0.1) is 12.2 Å². The maximum atomic E-state index is 12.2. The Morgan fingerprint density at radius 3 is 2.79 bits per heavy atom. The van der Waals surface area contributed by atoms with Gasteiger partial charge in [0.1, 0.15) is 0 Å². The number of hydrogen-bond donors (Lipinski definition) is 1. The first-order chi connectivity index (χ1) is 11.8. The van der Waals surface area contributed by atoms with Crippen LogP contribution in [0, 0.1) is 5.92 Å². The van der Waals surface area contributed by atoms with E-state index in [1.165, 1.54) is 43.4 Å². The third-order valence-corrected chi connectivity index (χ3v) is 5.93. The molecule has 1 aliphatic carbocycles. The zero-order valence-electron chi connectivity index (χ0n) is 13.8. The van der Waals surface area contributed by atoms with Crippen LogP contribution in [-0.4, -0.2) is 29.1 Å². The van der Waals surface area contributed by atoms with Gasteiger partial charge in [-0.2, -0.15) is 0 Å². The standard InChI is InChI=1S/C19H23N3OS/c23-18(12-14-4-2-1-3-5-14)21-16-8-6-15(7-9-16)17-13-24-19-20-10-11-22(17)19/h6-9,13-14H,1-5,10-12H2,(H,21,23). The molecule has 24 heavy (non-hydrogen) atoms. The highest BCUT2D eigenvalue weighted by Gasteiger charge is 2.26. The van der Waals surface area contributed by atoms with E-state index in [1.54, 1.807) is 11.8 Å². The number of nitrogens with one attached hydrogen (secondary N) is 1. The van der Waals surface area contributed by atoms with Crippen molar-refractivity contribution < 1.29 is 4.79 Å². The quantitative estimate of drug-likeness (QED) is 0.887. The van der Waals surface area contributed by atoms with Gasteiger partial charge in [-0.3, -0.25) is 9.79 Å². The molecule has 0 atom stereocenters. The molecule has 4 rings (SSSR count). The number of hydrogen-bond acceptors (Lipinski definition) is 4. The lowest BCUT2D eigenvalue weighted by molar-refractivity contribution is -0.117. The molecule has 0 aromatic heterocycles. The molecule has 5 heteroatoms. The van der Waals surface area contributed by atoms with E-state index >= 15 is 0 Å². The topological polar surface area (TPSA) is 44.7 Å². The van der Waals surface area contributed by atoms with Gasteiger partial charge in [0.25, 0.3) is 0 Å². The van der Waals surface area contributed by atoms with Crippen molar-refractivity contribution in [3.8, 4) is 0 Å².